The molecule has 0 fully saturated rings. The van der Waals surface area contributed by atoms with E-state index in [2.05, 4.69) is 20.0 Å². The van der Waals surface area contributed by atoms with Crippen LogP contribution in [0.3, 0.4) is 0 Å². The van der Waals surface area contributed by atoms with Crippen LogP contribution >= 0.6 is 11.3 Å². The Labute approximate surface area is 158 Å². The van der Waals surface area contributed by atoms with Crippen molar-refractivity contribution in [2.24, 2.45) is 0 Å². The summed E-state index contributed by atoms with van der Waals surface area (Å²) in [6, 6.07) is 15.5. The van der Waals surface area contributed by atoms with E-state index in [1.165, 1.54) is 29.5 Å². The van der Waals surface area contributed by atoms with Gasteiger partial charge in [-0.1, -0.05) is 23.5 Å². The fourth-order valence-electron chi connectivity index (χ4n) is 2.44. The van der Waals surface area contributed by atoms with Crippen molar-refractivity contribution in [1.82, 2.24) is 9.97 Å². The highest BCUT2D eigenvalue weighted by Crippen LogP contribution is 2.27. The van der Waals surface area contributed by atoms with Crippen LogP contribution in [0.15, 0.2) is 71.8 Å². The first kappa shape index (κ1) is 17.4. The van der Waals surface area contributed by atoms with Gasteiger partial charge in [0.25, 0.3) is 10.0 Å². The lowest BCUT2D eigenvalue weighted by molar-refractivity contribution is 0.570. The van der Waals surface area contributed by atoms with E-state index < -0.39 is 20.7 Å². The molecule has 0 radical (unpaired) electrons. The van der Waals surface area contributed by atoms with Gasteiger partial charge in [0.2, 0.25) is 0 Å². The van der Waals surface area contributed by atoms with E-state index in [0.717, 1.165) is 22.1 Å². The lowest BCUT2D eigenvalue weighted by Crippen LogP contribution is -2.14. The number of fused-ring (bicyclic) bond motifs is 1. The van der Waals surface area contributed by atoms with Crippen LogP contribution in [0.25, 0.3) is 10.3 Å². The molecular formula is C18H13FN4O2S2. The number of aromatic nitrogens is 2. The topological polar surface area (TPSA) is 84.0 Å². The Morgan fingerprint density at radius 1 is 0.926 bits per heavy atom. The maximum absolute atomic E-state index is 13.7. The van der Waals surface area contributed by atoms with E-state index in [9.17, 15) is 12.8 Å². The van der Waals surface area contributed by atoms with E-state index in [-0.39, 0.29) is 0 Å². The van der Waals surface area contributed by atoms with Crippen molar-refractivity contribution in [2.75, 3.05) is 10.0 Å². The van der Waals surface area contributed by atoms with Gasteiger partial charge < -0.3 is 5.32 Å². The first-order valence-electron chi connectivity index (χ1n) is 7.87. The smallest absolute Gasteiger partial charge is 0.264 e. The molecule has 4 aromatic rings. The van der Waals surface area contributed by atoms with E-state index in [4.69, 9.17) is 0 Å². The third kappa shape index (κ3) is 3.74. The number of pyridine rings is 1. The zero-order chi connectivity index (χ0) is 18.9. The number of hydrogen-bond acceptors (Lipinski definition) is 6. The molecule has 6 nitrogen and oxygen atoms in total. The molecule has 0 saturated carbocycles. The van der Waals surface area contributed by atoms with E-state index in [0.29, 0.717) is 10.8 Å². The molecule has 27 heavy (non-hydrogen) atoms. The van der Waals surface area contributed by atoms with Gasteiger partial charge in [0.1, 0.15) is 21.1 Å². The average Bonchev–Trinajstić information content (AvgIpc) is 3.05. The van der Waals surface area contributed by atoms with E-state index >= 15 is 0 Å². The molecule has 136 valence electrons. The zero-order valence-corrected chi connectivity index (χ0v) is 15.4. The summed E-state index contributed by atoms with van der Waals surface area (Å²) in [7, 11) is -4.00. The molecule has 2 aromatic heterocycles. The summed E-state index contributed by atoms with van der Waals surface area (Å²) in [6.45, 7) is 0. The third-order valence-electron chi connectivity index (χ3n) is 3.68. The Morgan fingerprint density at radius 3 is 2.41 bits per heavy atom. The second kappa shape index (κ2) is 6.93. The molecule has 2 aromatic carbocycles. The number of anilines is 3. The van der Waals surface area contributed by atoms with Gasteiger partial charge in [-0.25, -0.2) is 22.8 Å². The Hall–Kier alpha value is -3.04. The first-order valence-corrected chi connectivity index (χ1v) is 10.2. The number of nitrogens with zero attached hydrogens (tertiary/aromatic N) is 2. The lowest BCUT2D eigenvalue weighted by Gasteiger charge is -2.09. The van der Waals surface area contributed by atoms with Crippen molar-refractivity contribution in [2.45, 2.75) is 4.90 Å². The summed E-state index contributed by atoms with van der Waals surface area (Å²) in [5.74, 6) is -0.798. The summed E-state index contributed by atoms with van der Waals surface area (Å²) in [6.07, 6.45) is 1.71. The van der Waals surface area contributed by atoms with Crippen LogP contribution < -0.4 is 10.0 Å². The third-order valence-corrected chi connectivity index (χ3v) is 5.99. The van der Waals surface area contributed by atoms with Crippen LogP contribution in [0.2, 0.25) is 0 Å². The quantitative estimate of drug-likeness (QED) is 0.520. The number of rotatable bonds is 5. The molecule has 4 rings (SSSR count). The predicted octanol–water partition coefficient (Wildman–Crippen LogP) is 4.37. The van der Waals surface area contributed by atoms with Gasteiger partial charge >= 0.3 is 0 Å². The van der Waals surface area contributed by atoms with Crippen LogP contribution in [-0.4, -0.2) is 18.4 Å². The monoisotopic (exact) mass is 400 g/mol. The Balaban J connectivity index is 1.51. The maximum Gasteiger partial charge on any atom is 0.264 e. The van der Waals surface area contributed by atoms with Crippen molar-refractivity contribution in [3.63, 3.8) is 0 Å². The van der Waals surface area contributed by atoms with Gasteiger partial charge in [0, 0.05) is 17.6 Å². The molecular weight excluding hydrogens is 387 g/mol. The minimum Gasteiger partial charge on any atom is -0.331 e. The largest absolute Gasteiger partial charge is 0.331 e. The van der Waals surface area contributed by atoms with Crippen LogP contribution in [0.5, 0.6) is 0 Å². The summed E-state index contributed by atoms with van der Waals surface area (Å²) >= 11 is 1.42. The Bertz CT molecular complexity index is 1170. The maximum atomic E-state index is 13.7. The van der Waals surface area contributed by atoms with Crippen LogP contribution in [0.1, 0.15) is 0 Å². The summed E-state index contributed by atoms with van der Waals surface area (Å²) in [4.78, 5) is 9.11. The number of thiazole rings is 1. The van der Waals surface area contributed by atoms with Crippen LogP contribution in [0.4, 0.5) is 20.9 Å². The van der Waals surface area contributed by atoms with Crippen molar-refractivity contribution < 1.29 is 12.8 Å². The lowest BCUT2D eigenvalue weighted by atomic mass is 10.3. The number of halogens is 1. The predicted molar refractivity (Wildman–Crippen MR) is 104 cm³/mol. The van der Waals surface area contributed by atoms with Crippen LogP contribution in [-0.2, 0) is 10.0 Å². The second-order valence-corrected chi connectivity index (χ2v) is 8.21. The van der Waals surface area contributed by atoms with E-state index in [1.807, 2.05) is 12.1 Å². The normalized spacial score (nSPS) is 11.4. The molecule has 9 heteroatoms. The zero-order valence-electron chi connectivity index (χ0n) is 13.8. The molecule has 0 spiro atoms. The van der Waals surface area contributed by atoms with Gasteiger partial charge in [-0.15, -0.1) is 0 Å². The molecule has 0 unspecified atom stereocenters. The van der Waals surface area contributed by atoms with Crippen molar-refractivity contribution in [3.8, 4) is 0 Å². The van der Waals surface area contributed by atoms with Crippen molar-refractivity contribution >= 4 is 48.2 Å². The number of hydrogen-bond donors (Lipinski definition) is 2. The molecule has 0 amide bonds. The van der Waals surface area contributed by atoms with Crippen molar-refractivity contribution in [1.29, 1.82) is 0 Å². The Kier molecular flexibility index (Phi) is 4.46. The molecule has 0 saturated heterocycles. The van der Waals surface area contributed by atoms with Crippen molar-refractivity contribution in [3.05, 3.63) is 72.7 Å². The first-order chi connectivity index (χ1) is 13.0. The standard InChI is InChI=1S/C18H13FN4O2S2/c19-14-4-1-2-6-16(14)27(24,25)23-13-9-7-12(8-10-13)21-18-22-15-5-3-11-20-17(15)26-18/h1-11,23H,(H,21,22). The number of benzene rings is 2. The van der Waals surface area contributed by atoms with Gasteiger partial charge in [0.15, 0.2) is 5.13 Å². The minimum atomic E-state index is -4.00. The molecule has 0 aliphatic heterocycles. The van der Waals surface area contributed by atoms with E-state index in [1.54, 1.807) is 30.5 Å². The highest BCUT2D eigenvalue weighted by Gasteiger charge is 2.18. The fourth-order valence-corrected chi connectivity index (χ4v) is 4.41. The molecule has 2 heterocycles. The SMILES string of the molecule is O=S(=O)(Nc1ccc(Nc2nc3cccnc3s2)cc1)c1ccccc1F. The Morgan fingerprint density at radius 2 is 1.67 bits per heavy atom. The van der Waals surface area contributed by atoms with Gasteiger partial charge in [-0.2, -0.15) is 0 Å². The summed E-state index contributed by atoms with van der Waals surface area (Å²) in [5, 5.41) is 3.84. The molecule has 0 aliphatic rings. The second-order valence-electron chi connectivity index (χ2n) is 5.58. The van der Waals surface area contributed by atoms with Gasteiger partial charge in [-0.05, 0) is 48.5 Å². The van der Waals surface area contributed by atoms with Crippen LogP contribution in [0, 0.1) is 5.82 Å². The molecule has 0 atom stereocenters. The fraction of sp³-hybridized carbons (Fsp3) is 0. The van der Waals surface area contributed by atoms with Gasteiger partial charge in [-0.3, -0.25) is 4.72 Å². The summed E-state index contributed by atoms with van der Waals surface area (Å²) in [5.41, 5.74) is 1.87. The summed E-state index contributed by atoms with van der Waals surface area (Å²) < 4.78 is 40.7. The molecule has 2 N–H and O–H groups in total. The number of nitrogens with one attached hydrogen (secondary N) is 2. The van der Waals surface area contributed by atoms with Gasteiger partial charge in [0.05, 0.1) is 0 Å². The number of sulfonamides is 1. The average molecular weight is 400 g/mol. The molecule has 0 aliphatic carbocycles. The highest BCUT2D eigenvalue weighted by atomic mass is 32.2. The molecule has 0 bridgehead atoms. The minimum absolute atomic E-state index is 0.328. The highest BCUT2D eigenvalue weighted by molar-refractivity contribution is 7.92.